The van der Waals surface area contributed by atoms with Crippen LogP contribution in [0.3, 0.4) is 0 Å². The summed E-state index contributed by atoms with van der Waals surface area (Å²) in [5.41, 5.74) is -2.68. The first-order valence-corrected chi connectivity index (χ1v) is 3.88. The molecule has 1 rings (SSSR count). The van der Waals surface area contributed by atoms with Gasteiger partial charge >= 0.3 is 6.98 Å². The Balaban J connectivity index is 3.49. The van der Waals surface area contributed by atoms with E-state index in [9.17, 15) is 27.5 Å². The Morgan fingerprint density at radius 2 is 1.87 bits per heavy atom. The van der Waals surface area contributed by atoms with Crippen molar-refractivity contribution in [2.45, 2.75) is 6.92 Å². The quantitative estimate of drug-likeness (QED) is 0.332. The van der Waals surface area contributed by atoms with E-state index >= 15 is 0 Å². The highest BCUT2D eigenvalue weighted by molar-refractivity contribution is 6.74. The second-order valence-corrected chi connectivity index (χ2v) is 2.97. The number of nitrogens with zero attached hydrogens (tertiary/aromatic N) is 1. The van der Waals surface area contributed by atoms with Gasteiger partial charge in [-0.1, -0.05) is 11.5 Å². The Morgan fingerprint density at radius 3 is 2.27 bits per heavy atom. The minimum absolute atomic E-state index is 0.266. The van der Waals surface area contributed by atoms with Crippen molar-refractivity contribution < 1.29 is 22.3 Å². The van der Waals surface area contributed by atoms with E-state index < -0.39 is 34.4 Å². The number of nitro benzene ring substituents is 1. The van der Waals surface area contributed by atoms with Crippen LogP contribution in [0.25, 0.3) is 0 Å². The second-order valence-electron chi connectivity index (χ2n) is 2.97. The average molecular weight is 222 g/mol. The summed E-state index contributed by atoms with van der Waals surface area (Å²) in [6.45, 7) is -4.49. The van der Waals surface area contributed by atoms with Crippen molar-refractivity contribution in [2.24, 2.45) is 0 Å². The van der Waals surface area contributed by atoms with Crippen molar-refractivity contribution >= 4 is 18.1 Å². The van der Waals surface area contributed by atoms with E-state index in [2.05, 4.69) is 0 Å². The van der Waals surface area contributed by atoms with Crippen molar-refractivity contribution in [3.05, 3.63) is 33.6 Å². The molecule has 0 heterocycles. The molecule has 82 valence electrons. The zero-order valence-corrected chi connectivity index (χ0v) is 7.51. The molecule has 0 saturated heterocycles. The summed E-state index contributed by atoms with van der Waals surface area (Å²) in [4.78, 5) is 9.29. The second kappa shape index (κ2) is 3.52. The minimum Gasteiger partial charge on any atom is -0.445 e. The third-order valence-electron chi connectivity index (χ3n) is 1.93. The van der Waals surface area contributed by atoms with Gasteiger partial charge in [0.25, 0.3) is 5.69 Å². The Hall–Kier alpha value is -1.60. The Labute approximate surface area is 81.9 Å². The van der Waals surface area contributed by atoms with Gasteiger partial charge in [0.2, 0.25) is 0 Å². The first kappa shape index (κ1) is 11.5. The smallest absolute Gasteiger partial charge is 0.445 e. The van der Waals surface area contributed by atoms with Crippen LogP contribution in [0.2, 0.25) is 0 Å². The number of hydrogen-bond acceptors (Lipinski definition) is 2. The number of rotatable bonds is 2. The van der Waals surface area contributed by atoms with Crippen molar-refractivity contribution in [1.82, 2.24) is 0 Å². The fraction of sp³-hybridized carbons (Fsp3) is 0.143. The van der Waals surface area contributed by atoms with Gasteiger partial charge in [-0.2, -0.15) is 0 Å². The topological polar surface area (TPSA) is 43.1 Å². The first-order chi connectivity index (χ1) is 6.73. The zero-order valence-electron chi connectivity index (χ0n) is 7.51. The molecule has 1 aromatic carbocycles. The molecular weight excluding hydrogens is 217 g/mol. The van der Waals surface area contributed by atoms with Crippen molar-refractivity contribution in [3.63, 3.8) is 0 Å². The lowest BCUT2D eigenvalue weighted by atomic mass is 9.76. The summed E-state index contributed by atoms with van der Waals surface area (Å²) < 4.78 is 49.7. The molecule has 0 fully saturated rings. The lowest BCUT2D eigenvalue weighted by molar-refractivity contribution is -0.385. The van der Waals surface area contributed by atoms with E-state index in [0.717, 1.165) is 6.92 Å². The molecule has 0 saturated carbocycles. The maximum Gasteiger partial charge on any atom is 0.510 e. The minimum atomic E-state index is -5.44. The predicted molar refractivity (Wildman–Crippen MR) is 46.5 cm³/mol. The highest BCUT2D eigenvalue weighted by Gasteiger charge is 2.31. The normalized spacial score (nSPS) is 11.5. The Bertz CT molecular complexity index is 418. The third-order valence-corrected chi connectivity index (χ3v) is 1.93. The van der Waals surface area contributed by atoms with Crippen LogP contribution >= 0.6 is 0 Å². The third kappa shape index (κ3) is 2.25. The summed E-state index contributed by atoms with van der Waals surface area (Å²) in [6, 6.07) is 0.739. The standard InChI is InChI=1S/C7H5BF4NO2/c1-4-6(8(10,11)12)2-5(9)3-7(4)13(14)15/h2-3H,1H3/q-1. The zero-order chi connectivity index (χ0) is 11.8. The lowest BCUT2D eigenvalue weighted by Gasteiger charge is -2.17. The van der Waals surface area contributed by atoms with E-state index in [-0.39, 0.29) is 6.07 Å². The number of nitro groups is 1. The molecule has 8 heteroatoms. The molecule has 3 nitrogen and oxygen atoms in total. The molecule has 0 atom stereocenters. The molecule has 0 aliphatic carbocycles. The van der Waals surface area contributed by atoms with Crippen molar-refractivity contribution in [2.75, 3.05) is 0 Å². The molecule has 0 aromatic heterocycles. The van der Waals surface area contributed by atoms with Gasteiger partial charge in [-0.15, -0.1) is 0 Å². The summed E-state index contributed by atoms with van der Waals surface area (Å²) in [7, 11) is 0. The van der Waals surface area contributed by atoms with Crippen LogP contribution in [0.5, 0.6) is 0 Å². The fourth-order valence-corrected chi connectivity index (χ4v) is 1.21. The molecule has 0 bridgehead atoms. The van der Waals surface area contributed by atoms with Crippen LogP contribution in [0.15, 0.2) is 12.1 Å². The van der Waals surface area contributed by atoms with E-state index in [0.29, 0.717) is 6.07 Å². The summed E-state index contributed by atoms with van der Waals surface area (Å²) >= 11 is 0. The van der Waals surface area contributed by atoms with Crippen LogP contribution in [-0.4, -0.2) is 11.9 Å². The molecule has 0 aliphatic rings. The lowest BCUT2D eigenvalue weighted by Crippen LogP contribution is -2.36. The van der Waals surface area contributed by atoms with Crippen LogP contribution < -0.4 is 5.46 Å². The van der Waals surface area contributed by atoms with E-state index in [1.165, 1.54) is 0 Å². The van der Waals surface area contributed by atoms with Crippen LogP contribution in [0, 0.1) is 22.9 Å². The summed E-state index contributed by atoms with van der Waals surface area (Å²) in [6.07, 6.45) is 0. The first-order valence-electron chi connectivity index (χ1n) is 3.88. The van der Waals surface area contributed by atoms with Crippen molar-refractivity contribution in [1.29, 1.82) is 0 Å². The SMILES string of the molecule is Cc1c([N+](=O)[O-])cc(F)cc1[B-](F)(F)F. The van der Waals surface area contributed by atoms with E-state index in [1.807, 2.05) is 0 Å². The Kier molecular flexibility index (Phi) is 2.70. The average Bonchev–Trinajstić information content (AvgIpc) is 2.06. The van der Waals surface area contributed by atoms with Gasteiger partial charge in [-0.25, -0.2) is 4.39 Å². The maximum atomic E-state index is 12.7. The highest BCUT2D eigenvalue weighted by Crippen LogP contribution is 2.21. The van der Waals surface area contributed by atoms with Gasteiger partial charge in [0.15, 0.2) is 0 Å². The van der Waals surface area contributed by atoms with Gasteiger partial charge in [-0.3, -0.25) is 10.1 Å². The predicted octanol–water partition coefficient (Wildman–Crippen LogP) is 2.10. The molecule has 15 heavy (non-hydrogen) atoms. The molecular formula is C7H5BF4NO2-. The van der Waals surface area contributed by atoms with Crippen molar-refractivity contribution in [3.8, 4) is 0 Å². The number of hydrogen-bond donors (Lipinski definition) is 0. The van der Waals surface area contributed by atoms with Crippen LogP contribution in [0.4, 0.5) is 23.0 Å². The Morgan fingerprint density at radius 1 is 1.33 bits per heavy atom. The van der Waals surface area contributed by atoms with Gasteiger partial charge < -0.3 is 12.9 Å². The van der Waals surface area contributed by atoms with E-state index in [4.69, 9.17) is 0 Å². The molecule has 0 aliphatic heterocycles. The van der Waals surface area contributed by atoms with Crippen LogP contribution in [0.1, 0.15) is 5.56 Å². The van der Waals surface area contributed by atoms with E-state index in [1.54, 1.807) is 0 Å². The van der Waals surface area contributed by atoms with Gasteiger partial charge in [0, 0.05) is 5.56 Å². The number of benzene rings is 1. The molecule has 0 N–H and O–H groups in total. The maximum absolute atomic E-state index is 12.7. The van der Waals surface area contributed by atoms with Gasteiger partial charge in [0.1, 0.15) is 5.82 Å². The molecule has 0 radical (unpaired) electrons. The largest absolute Gasteiger partial charge is 0.510 e. The number of halogens is 4. The summed E-state index contributed by atoms with van der Waals surface area (Å²) in [5, 5.41) is 10.3. The highest BCUT2D eigenvalue weighted by atomic mass is 19.4. The molecule has 0 amide bonds. The molecule has 0 spiro atoms. The van der Waals surface area contributed by atoms with Crippen LogP contribution in [-0.2, 0) is 0 Å². The monoisotopic (exact) mass is 222 g/mol. The summed E-state index contributed by atoms with van der Waals surface area (Å²) in [5.74, 6) is -1.26. The van der Waals surface area contributed by atoms with Gasteiger partial charge in [-0.05, 0) is 6.92 Å². The molecule has 0 unspecified atom stereocenters. The molecule has 1 aromatic rings. The van der Waals surface area contributed by atoms with Gasteiger partial charge in [0.05, 0.1) is 11.0 Å². The fourth-order valence-electron chi connectivity index (χ4n) is 1.21.